The molecule has 3 atom stereocenters. The largest absolute Gasteiger partial charge is 0.396 e. The fraction of sp³-hybridized carbons (Fsp3) is 0.450. The average molecular weight is 324 g/mol. The Kier molecular flexibility index (Phi) is 3.82. The van der Waals surface area contributed by atoms with Gasteiger partial charge in [0.25, 0.3) is 0 Å². The highest BCUT2D eigenvalue weighted by atomic mass is 16.3. The third-order valence-electron chi connectivity index (χ3n) is 5.98. The van der Waals surface area contributed by atoms with E-state index in [1.807, 2.05) is 25.1 Å². The number of aliphatic hydroxyl groups is 1. The number of para-hydroxylation sites is 1. The van der Waals surface area contributed by atoms with Crippen molar-refractivity contribution in [1.82, 2.24) is 9.88 Å². The number of aromatic nitrogens is 1. The maximum absolute atomic E-state index is 13.0. The van der Waals surface area contributed by atoms with Crippen LogP contribution in [0, 0.1) is 11.8 Å². The summed E-state index contributed by atoms with van der Waals surface area (Å²) in [6, 6.07) is 8.40. The van der Waals surface area contributed by atoms with Crippen molar-refractivity contribution in [3.05, 3.63) is 47.2 Å². The van der Waals surface area contributed by atoms with E-state index in [0.29, 0.717) is 6.42 Å². The van der Waals surface area contributed by atoms with Crippen LogP contribution in [0.2, 0.25) is 0 Å². The van der Waals surface area contributed by atoms with Gasteiger partial charge in [-0.3, -0.25) is 9.69 Å². The molecule has 24 heavy (non-hydrogen) atoms. The van der Waals surface area contributed by atoms with Gasteiger partial charge in [-0.05, 0) is 37.9 Å². The number of aliphatic hydroxyl groups excluding tert-OH is 1. The van der Waals surface area contributed by atoms with E-state index < -0.39 is 0 Å². The number of allylic oxidation sites excluding steroid dienone is 1. The van der Waals surface area contributed by atoms with Gasteiger partial charge in [-0.1, -0.05) is 29.8 Å². The number of likely N-dealkylation sites (N-methyl/N-ethyl adjacent to an activating group) is 1. The molecule has 2 heterocycles. The molecule has 0 saturated carbocycles. The number of piperidine rings is 1. The summed E-state index contributed by atoms with van der Waals surface area (Å²) >= 11 is 0. The van der Waals surface area contributed by atoms with E-state index in [1.165, 1.54) is 5.57 Å². The van der Waals surface area contributed by atoms with Crippen molar-refractivity contribution < 1.29 is 9.90 Å². The van der Waals surface area contributed by atoms with Gasteiger partial charge in [-0.2, -0.15) is 0 Å². The molecule has 2 bridgehead atoms. The van der Waals surface area contributed by atoms with E-state index in [9.17, 15) is 9.90 Å². The summed E-state index contributed by atoms with van der Waals surface area (Å²) in [4.78, 5) is 18.7. The maximum atomic E-state index is 13.0. The number of Topliss-reactive ketones (excluding diaryl/α,β-unsaturated/α-hetero) is 1. The Bertz CT molecular complexity index is 820. The molecule has 0 radical (unpaired) electrons. The second kappa shape index (κ2) is 5.87. The second-order valence-electron chi connectivity index (χ2n) is 7.15. The van der Waals surface area contributed by atoms with Crippen molar-refractivity contribution in [2.24, 2.45) is 11.8 Å². The van der Waals surface area contributed by atoms with Crippen LogP contribution >= 0.6 is 0 Å². The van der Waals surface area contributed by atoms with E-state index in [-0.39, 0.29) is 30.3 Å². The van der Waals surface area contributed by atoms with Gasteiger partial charge in [0.2, 0.25) is 0 Å². The smallest absolute Gasteiger partial charge is 0.179 e. The van der Waals surface area contributed by atoms with Crippen LogP contribution in [-0.4, -0.2) is 47.0 Å². The number of hydrogen-bond acceptors (Lipinski definition) is 3. The van der Waals surface area contributed by atoms with Gasteiger partial charge >= 0.3 is 0 Å². The van der Waals surface area contributed by atoms with Crippen LogP contribution in [0.25, 0.3) is 10.9 Å². The molecule has 2 aromatic rings. The van der Waals surface area contributed by atoms with Crippen molar-refractivity contribution in [3.8, 4) is 0 Å². The SMILES string of the molecule is C/C=C1/CN(C)[C@H]2Cc3c([nH]c4ccccc34)C(=O)C[C@@H]1[C@@H]2CO. The topological polar surface area (TPSA) is 56.3 Å². The minimum atomic E-state index is 0.112. The van der Waals surface area contributed by atoms with Crippen LogP contribution in [0.5, 0.6) is 0 Å². The van der Waals surface area contributed by atoms with Crippen LogP contribution in [0.3, 0.4) is 0 Å². The summed E-state index contributed by atoms with van der Waals surface area (Å²) in [6.45, 7) is 3.05. The number of benzene rings is 1. The first-order chi connectivity index (χ1) is 11.6. The third-order valence-corrected chi connectivity index (χ3v) is 5.98. The zero-order valence-corrected chi connectivity index (χ0v) is 14.2. The number of nitrogens with zero attached hydrogens (tertiary/aromatic N) is 1. The molecule has 1 aromatic carbocycles. The van der Waals surface area contributed by atoms with Gasteiger partial charge in [-0.25, -0.2) is 0 Å². The number of H-pyrrole nitrogens is 1. The Labute approximate surface area is 142 Å². The second-order valence-corrected chi connectivity index (χ2v) is 7.15. The normalized spacial score (nSPS) is 29.5. The Hall–Kier alpha value is -1.91. The molecule has 2 aliphatic rings. The monoisotopic (exact) mass is 324 g/mol. The van der Waals surface area contributed by atoms with Gasteiger partial charge in [0.15, 0.2) is 5.78 Å². The predicted molar refractivity (Wildman–Crippen MR) is 95.2 cm³/mol. The lowest BCUT2D eigenvalue weighted by Crippen LogP contribution is -2.52. The molecule has 1 aliphatic heterocycles. The molecule has 1 saturated heterocycles. The molecule has 0 spiro atoms. The summed E-state index contributed by atoms with van der Waals surface area (Å²) in [7, 11) is 2.13. The Morgan fingerprint density at radius 1 is 1.33 bits per heavy atom. The van der Waals surface area contributed by atoms with Crippen molar-refractivity contribution in [3.63, 3.8) is 0 Å². The molecule has 1 aliphatic carbocycles. The molecule has 1 aromatic heterocycles. The Balaban J connectivity index is 1.89. The van der Waals surface area contributed by atoms with E-state index in [1.54, 1.807) is 0 Å². The standard InChI is InChI=1S/C20H24N2O2/c1-3-12-10-22(2)18-8-15-13-6-4-5-7-17(13)21-20(15)19(24)9-14(12)16(18)11-23/h3-7,14,16,18,21,23H,8-11H2,1-2H3/b12-3-/t14-,16-,18-/m0/s1. The van der Waals surface area contributed by atoms with Crippen molar-refractivity contribution in [1.29, 1.82) is 0 Å². The number of fused-ring (bicyclic) bond motifs is 5. The van der Waals surface area contributed by atoms with Gasteiger partial charge in [0, 0.05) is 42.4 Å². The van der Waals surface area contributed by atoms with Crippen molar-refractivity contribution >= 4 is 16.7 Å². The first-order valence-corrected chi connectivity index (χ1v) is 8.73. The van der Waals surface area contributed by atoms with E-state index in [0.717, 1.165) is 35.1 Å². The minimum Gasteiger partial charge on any atom is -0.396 e. The van der Waals surface area contributed by atoms with Gasteiger partial charge in [-0.15, -0.1) is 0 Å². The predicted octanol–water partition coefficient (Wildman–Crippen LogP) is 2.78. The number of rotatable bonds is 1. The molecule has 0 amide bonds. The number of carbonyl (C=O) groups is 1. The van der Waals surface area contributed by atoms with Crippen LogP contribution in [0.4, 0.5) is 0 Å². The highest BCUT2D eigenvalue weighted by molar-refractivity contribution is 6.02. The summed E-state index contributed by atoms with van der Waals surface area (Å²) in [6.07, 6.45) is 3.41. The van der Waals surface area contributed by atoms with Crippen LogP contribution in [0.15, 0.2) is 35.9 Å². The van der Waals surface area contributed by atoms with Gasteiger partial charge in [0.05, 0.1) is 5.69 Å². The molecule has 1 fully saturated rings. The van der Waals surface area contributed by atoms with Crippen molar-refractivity contribution in [2.45, 2.75) is 25.8 Å². The van der Waals surface area contributed by atoms with E-state index in [4.69, 9.17) is 0 Å². The quantitative estimate of drug-likeness (QED) is 0.793. The van der Waals surface area contributed by atoms with Crippen LogP contribution in [0.1, 0.15) is 29.4 Å². The molecular formula is C20H24N2O2. The lowest BCUT2D eigenvalue weighted by Gasteiger charge is -2.46. The minimum absolute atomic E-state index is 0.112. The zero-order valence-electron chi connectivity index (χ0n) is 14.2. The fourth-order valence-corrected chi connectivity index (χ4v) is 4.70. The summed E-state index contributed by atoms with van der Waals surface area (Å²) in [5.41, 5.74) is 4.20. The lowest BCUT2D eigenvalue weighted by atomic mass is 9.71. The third kappa shape index (κ3) is 2.25. The fourth-order valence-electron chi connectivity index (χ4n) is 4.70. The molecule has 2 N–H and O–H groups in total. The average Bonchev–Trinajstić information content (AvgIpc) is 2.95. The number of ketones is 1. The number of hydrogen-bond donors (Lipinski definition) is 2. The maximum Gasteiger partial charge on any atom is 0.179 e. The van der Waals surface area contributed by atoms with Gasteiger partial charge in [0.1, 0.15) is 0 Å². The summed E-state index contributed by atoms with van der Waals surface area (Å²) in [5, 5.41) is 11.2. The first-order valence-electron chi connectivity index (χ1n) is 8.73. The van der Waals surface area contributed by atoms with Crippen LogP contribution in [-0.2, 0) is 6.42 Å². The molecule has 4 nitrogen and oxygen atoms in total. The zero-order chi connectivity index (χ0) is 16.8. The number of aromatic amines is 1. The van der Waals surface area contributed by atoms with Gasteiger partial charge < -0.3 is 10.1 Å². The highest BCUT2D eigenvalue weighted by Gasteiger charge is 2.42. The molecule has 126 valence electrons. The number of nitrogens with one attached hydrogen (secondary N) is 1. The summed E-state index contributed by atoms with van der Waals surface area (Å²) < 4.78 is 0. The molecular weight excluding hydrogens is 300 g/mol. The van der Waals surface area contributed by atoms with E-state index >= 15 is 0 Å². The summed E-state index contributed by atoms with van der Waals surface area (Å²) in [5.74, 6) is 0.431. The lowest BCUT2D eigenvalue weighted by molar-refractivity contribution is 0.0518. The first kappa shape index (κ1) is 15.6. The number of carbonyl (C=O) groups excluding carboxylic acids is 1. The molecule has 4 rings (SSSR count). The molecule has 4 heteroatoms. The van der Waals surface area contributed by atoms with E-state index in [2.05, 4.69) is 29.1 Å². The number of likely N-dealkylation sites (tertiary alicyclic amines) is 1. The van der Waals surface area contributed by atoms with Crippen molar-refractivity contribution in [2.75, 3.05) is 20.2 Å². The highest BCUT2D eigenvalue weighted by Crippen LogP contribution is 2.40. The Morgan fingerprint density at radius 3 is 2.88 bits per heavy atom. The van der Waals surface area contributed by atoms with Crippen LogP contribution < -0.4 is 0 Å². The molecule has 0 unspecified atom stereocenters. The Morgan fingerprint density at radius 2 is 2.12 bits per heavy atom.